The predicted molar refractivity (Wildman–Crippen MR) is 79.5 cm³/mol. The third-order valence-electron chi connectivity index (χ3n) is 3.29. The molecule has 0 aliphatic rings. The summed E-state index contributed by atoms with van der Waals surface area (Å²) in [4.78, 5) is 10.5. The van der Waals surface area contributed by atoms with Crippen LogP contribution in [0.25, 0.3) is 16.6 Å². The molecule has 0 unspecified atom stereocenters. The number of aromatic nitrogens is 1. The average Bonchev–Trinajstić information content (AvgIpc) is 2.90. The summed E-state index contributed by atoms with van der Waals surface area (Å²) in [5.41, 5.74) is 2.64. The summed E-state index contributed by atoms with van der Waals surface area (Å²) < 4.78 is 1.87. The maximum absolute atomic E-state index is 10.9. The number of benzene rings is 2. The molecule has 0 spiro atoms. The number of nitrogens with zero attached hydrogens (tertiary/aromatic N) is 2. The molecule has 98 valence electrons. The first-order valence-electron chi connectivity index (χ1n) is 6.17. The van der Waals surface area contributed by atoms with Crippen molar-refractivity contribution in [2.24, 2.45) is 0 Å². The van der Waals surface area contributed by atoms with Crippen LogP contribution in [0.5, 0.6) is 0 Å². The predicted octanol–water partition coefficient (Wildman–Crippen LogP) is 4.07. The van der Waals surface area contributed by atoms with Crippen LogP contribution in [0.3, 0.4) is 0 Å². The number of hydrogen-bond acceptors (Lipinski definition) is 2. The van der Waals surface area contributed by atoms with Gasteiger partial charge in [0.15, 0.2) is 0 Å². The molecule has 4 heteroatoms. The first-order chi connectivity index (χ1) is 9.66. The van der Waals surface area contributed by atoms with Crippen LogP contribution in [0.2, 0.25) is 0 Å². The standard InChI is InChI=1S/C16H12N2O2/c1-12(13-5-3-2-4-6-13)17-10-9-14-7-8-15(18(19)20)11-16(14)17/h2-11H,1H2. The summed E-state index contributed by atoms with van der Waals surface area (Å²) in [6.07, 6.45) is 1.88. The lowest BCUT2D eigenvalue weighted by Crippen LogP contribution is -1.96. The zero-order chi connectivity index (χ0) is 14.1. The fourth-order valence-electron chi connectivity index (χ4n) is 2.24. The molecule has 0 radical (unpaired) electrons. The minimum absolute atomic E-state index is 0.0818. The highest BCUT2D eigenvalue weighted by Crippen LogP contribution is 2.26. The molecule has 0 fully saturated rings. The molecule has 2 aromatic carbocycles. The van der Waals surface area contributed by atoms with E-state index in [2.05, 4.69) is 6.58 Å². The Morgan fingerprint density at radius 3 is 2.55 bits per heavy atom. The van der Waals surface area contributed by atoms with E-state index in [-0.39, 0.29) is 10.6 Å². The monoisotopic (exact) mass is 264 g/mol. The Hall–Kier alpha value is -2.88. The number of hydrogen-bond donors (Lipinski definition) is 0. The van der Waals surface area contributed by atoms with Crippen LogP contribution in [-0.2, 0) is 0 Å². The summed E-state index contributed by atoms with van der Waals surface area (Å²) in [7, 11) is 0. The highest BCUT2D eigenvalue weighted by atomic mass is 16.6. The molecule has 0 amide bonds. The first kappa shape index (κ1) is 12.2. The molecule has 0 saturated heterocycles. The lowest BCUT2D eigenvalue weighted by Gasteiger charge is -2.09. The molecule has 1 aromatic heterocycles. The van der Waals surface area contributed by atoms with Crippen molar-refractivity contribution in [3.63, 3.8) is 0 Å². The van der Waals surface area contributed by atoms with Gasteiger partial charge in [0.1, 0.15) is 0 Å². The van der Waals surface area contributed by atoms with Crippen LogP contribution in [0.1, 0.15) is 5.56 Å². The molecule has 0 N–H and O–H groups in total. The molecule has 0 aliphatic heterocycles. The number of rotatable bonds is 3. The quantitative estimate of drug-likeness (QED) is 0.529. The minimum atomic E-state index is -0.387. The minimum Gasteiger partial charge on any atom is -0.316 e. The van der Waals surface area contributed by atoms with Crippen molar-refractivity contribution in [1.29, 1.82) is 0 Å². The van der Waals surface area contributed by atoms with Crippen molar-refractivity contribution in [3.8, 4) is 0 Å². The SMILES string of the molecule is C=C(c1ccccc1)n1ccc2ccc([N+](=O)[O-])cc21. The molecule has 0 atom stereocenters. The molecule has 0 bridgehead atoms. The van der Waals surface area contributed by atoms with E-state index in [1.165, 1.54) is 6.07 Å². The number of non-ortho nitro benzene ring substituents is 1. The van der Waals surface area contributed by atoms with E-state index >= 15 is 0 Å². The Morgan fingerprint density at radius 2 is 1.85 bits per heavy atom. The number of nitro benzene ring substituents is 1. The van der Waals surface area contributed by atoms with E-state index in [0.29, 0.717) is 0 Å². The topological polar surface area (TPSA) is 48.1 Å². The van der Waals surface area contributed by atoms with E-state index in [4.69, 9.17) is 0 Å². The largest absolute Gasteiger partial charge is 0.316 e. The van der Waals surface area contributed by atoms with Gasteiger partial charge in [-0.15, -0.1) is 0 Å². The maximum atomic E-state index is 10.9. The highest BCUT2D eigenvalue weighted by Gasteiger charge is 2.11. The molecular weight excluding hydrogens is 252 g/mol. The summed E-state index contributed by atoms with van der Waals surface area (Å²) in [5, 5.41) is 11.8. The summed E-state index contributed by atoms with van der Waals surface area (Å²) in [6.45, 7) is 4.09. The summed E-state index contributed by atoms with van der Waals surface area (Å²) >= 11 is 0. The zero-order valence-corrected chi connectivity index (χ0v) is 10.7. The van der Waals surface area contributed by atoms with Gasteiger partial charge in [-0.2, -0.15) is 0 Å². The van der Waals surface area contributed by atoms with Gasteiger partial charge >= 0.3 is 0 Å². The van der Waals surface area contributed by atoms with E-state index in [1.54, 1.807) is 12.1 Å². The van der Waals surface area contributed by atoms with Crippen LogP contribution >= 0.6 is 0 Å². The van der Waals surface area contributed by atoms with Crippen LogP contribution < -0.4 is 0 Å². The molecular formula is C16H12N2O2. The van der Waals surface area contributed by atoms with Crippen LogP contribution in [0, 0.1) is 10.1 Å². The van der Waals surface area contributed by atoms with Gasteiger partial charge < -0.3 is 4.57 Å². The molecule has 0 aliphatic carbocycles. The Balaban J connectivity index is 2.14. The van der Waals surface area contributed by atoms with E-state index in [1.807, 2.05) is 47.2 Å². The molecule has 4 nitrogen and oxygen atoms in total. The first-order valence-corrected chi connectivity index (χ1v) is 6.17. The molecule has 20 heavy (non-hydrogen) atoms. The summed E-state index contributed by atoms with van der Waals surface area (Å²) in [5.74, 6) is 0. The normalized spacial score (nSPS) is 10.6. The lowest BCUT2D eigenvalue weighted by atomic mass is 10.1. The van der Waals surface area contributed by atoms with Gasteiger partial charge in [-0.1, -0.05) is 36.9 Å². The molecule has 3 aromatic rings. The van der Waals surface area contributed by atoms with Crippen molar-refractivity contribution in [1.82, 2.24) is 4.57 Å². The van der Waals surface area contributed by atoms with Crippen LogP contribution in [-0.4, -0.2) is 9.49 Å². The van der Waals surface area contributed by atoms with Crippen molar-refractivity contribution in [2.75, 3.05) is 0 Å². The Kier molecular flexibility index (Phi) is 2.84. The van der Waals surface area contributed by atoms with E-state index < -0.39 is 0 Å². The fraction of sp³-hybridized carbons (Fsp3) is 0. The highest BCUT2D eigenvalue weighted by molar-refractivity contribution is 5.87. The molecule has 1 heterocycles. The fourth-order valence-corrected chi connectivity index (χ4v) is 2.24. The third-order valence-corrected chi connectivity index (χ3v) is 3.29. The average molecular weight is 264 g/mol. The van der Waals surface area contributed by atoms with Crippen LogP contribution in [0.15, 0.2) is 67.4 Å². The second-order valence-electron chi connectivity index (χ2n) is 4.50. The van der Waals surface area contributed by atoms with E-state index in [0.717, 1.165) is 22.2 Å². The van der Waals surface area contributed by atoms with Gasteiger partial charge in [0.2, 0.25) is 0 Å². The van der Waals surface area contributed by atoms with E-state index in [9.17, 15) is 10.1 Å². The van der Waals surface area contributed by atoms with Crippen molar-refractivity contribution in [2.45, 2.75) is 0 Å². The lowest BCUT2D eigenvalue weighted by molar-refractivity contribution is -0.384. The van der Waals surface area contributed by atoms with Gasteiger partial charge in [0.25, 0.3) is 5.69 Å². The van der Waals surface area contributed by atoms with Gasteiger partial charge in [0.05, 0.1) is 10.4 Å². The van der Waals surface area contributed by atoms with Crippen molar-refractivity contribution < 1.29 is 4.92 Å². The maximum Gasteiger partial charge on any atom is 0.271 e. The number of nitro groups is 1. The second-order valence-corrected chi connectivity index (χ2v) is 4.50. The Labute approximate surface area is 115 Å². The molecule has 0 saturated carbocycles. The zero-order valence-electron chi connectivity index (χ0n) is 10.7. The summed E-state index contributed by atoms with van der Waals surface area (Å²) in [6, 6.07) is 16.5. The third kappa shape index (κ3) is 1.97. The van der Waals surface area contributed by atoms with Crippen molar-refractivity contribution in [3.05, 3.63) is 83.1 Å². The van der Waals surface area contributed by atoms with Gasteiger partial charge in [-0.05, 0) is 17.7 Å². The van der Waals surface area contributed by atoms with Gasteiger partial charge in [-0.3, -0.25) is 10.1 Å². The number of fused-ring (bicyclic) bond motifs is 1. The van der Waals surface area contributed by atoms with Crippen molar-refractivity contribution >= 4 is 22.3 Å². The van der Waals surface area contributed by atoms with Crippen LogP contribution in [0.4, 0.5) is 5.69 Å². The second kappa shape index (κ2) is 4.66. The van der Waals surface area contributed by atoms with Gasteiger partial charge in [0, 0.05) is 29.4 Å². The Bertz CT molecular complexity index is 804. The smallest absolute Gasteiger partial charge is 0.271 e. The van der Waals surface area contributed by atoms with Gasteiger partial charge in [-0.25, -0.2) is 0 Å². The molecule has 3 rings (SSSR count). The Morgan fingerprint density at radius 1 is 1.10 bits per heavy atom.